The molecule has 0 unspecified atom stereocenters. The van der Waals surface area contributed by atoms with Crippen molar-refractivity contribution in [2.75, 3.05) is 7.11 Å². The number of hydrogen-bond donors (Lipinski definition) is 0. The minimum Gasteiger partial charge on any atom is -0.490 e. The number of hydrogen-bond acceptors (Lipinski definition) is 3. The Kier molecular flexibility index (Phi) is 2.80. The highest BCUT2D eigenvalue weighted by atomic mass is 16.5. The molecule has 0 aromatic carbocycles. The van der Waals surface area contributed by atoms with Crippen molar-refractivity contribution in [3.63, 3.8) is 0 Å². The van der Waals surface area contributed by atoms with Crippen molar-refractivity contribution in [3.05, 3.63) is 17.8 Å². The summed E-state index contributed by atoms with van der Waals surface area (Å²) in [6.07, 6.45) is 4.60. The summed E-state index contributed by atoms with van der Waals surface area (Å²) in [7, 11) is 1.62. The number of pyridine rings is 1. The van der Waals surface area contributed by atoms with E-state index < -0.39 is 0 Å². The van der Waals surface area contributed by atoms with Crippen LogP contribution in [0.25, 0.3) is 0 Å². The molecule has 3 nitrogen and oxygen atoms in total. The summed E-state index contributed by atoms with van der Waals surface area (Å²) in [6.45, 7) is 4.28. The molecule has 1 aromatic heterocycles. The molecule has 0 bridgehead atoms. The zero-order valence-corrected chi connectivity index (χ0v) is 9.49. The van der Waals surface area contributed by atoms with Gasteiger partial charge in [-0.25, -0.2) is 4.98 Å². The molecule has 15 heavy (non-hydrogen) atoms. The third-order valence-corrected chi connectivity index (χ3v) is 2.52. The third kappa shape index (κ3) is 2.41. The maximum Gasteiger partial charge on any atom is 0.216 e. The Morgan fingerprint density at radius 3 is 2.67 bits per heavy atom. The topological polar surface area (TPSA) is 31.4 Å². The molecule has 2 rings (SSSR count). The van der Waals surface area contributed by atoms with E-state index in [9.17, 15) is 0 Å². The van der Waals surface area contributed by atoms with Gasteiger partial charge in [0, 0.05) is 17.8 Å². The Balaban J connectivity index is 2.26. The molecule has 0 saturated heterocycles. The minimum absolute atomic E-state index is 0.412. The van der Waals surface area contributed by atoms with E-state index in [1.165, 1.54) is 12.8 Å². The molecule has 3 heteroatoms. The van der Waals surface area contributed by atoms with E-state index in [1.807, 2.05) is 12.3 Å². The van der Waals surface area contributed by atoms with E-state index in [-0.39, 0.29) is 0 Å². The Morgan fingerprint density at radius 1 is 1.40 bits per heavy atom. The predicted octanol–water partition coefficient (Wildman–Crippen LogP) is 2.75. The van der Waals surface area contributed by atoms with Crippen LogP contribution < -0.4 is 9.47 Å². The van der Waals surface area contributed by atoms with E-state index in [4.69, 9.17) is 9.47 Å². The molecule has 0 atom stereocenters. The van der Waals surface area contributed by atoms with Crippen LogP contribution in [0, 0.1) is 0 Å². The van der Waals surface area contributed by atoms with Crippen LogP contribution in [0.1, 0.15) is 38.2 Å². The lowest BCUT2D eigenvalue weighted by Crippen LogP contribution is -2.02. The van der Waals surface area contributed by atoms with E-state index in [0.29, 0.717) is 17.9 Å². The van der Waals surface area contributed by atoms with Crippen LogP contribution in [-0.2, 0) is 0 Å². The van der Waals surface area contributed by atoms with Crippen molar-refractivity contribution in [1.82, 2.24) is 4.98 Å². The van der Waals surface area contributed by atoms with Gasteiger partial charge in [0.2, 0.25) is 5.88 Å². The van der Waals surface area contributed by atoms with Gasteiger partial charge in [-0.1, -0.05) is 13.8 Å². The Bertz CT molecular complexity index is 345. The molecule has 1 aromatic rings. The lowest BCUT2D eigenvalue weighted by atomic mass is 10.1. The Morgan fingerprint density at radius 2 is 2.13 bits per heavy atom. The fraction of sp³-hybridized carbons (Fsp3) is 0.583. The highest BCUT2D eigenvalue weighted by Gasteiger charge is 2.25. The normalized spacial score (nSPS) is 15.5. The maximum absolute atomic E-state index is 5.84. The predicted molar refractivity (Wildman–Crippen MR) is 58.5 cm³/mol. The fourth-order valence-electron chi connectivity index (χ4n) is 1.44. The number of methoxy groups -OCH3 is 1. The summed E-state index contributed by atoms with van der Waals surface area (Å²) >= 11 is 0. The first-order valence-electron chi connectivity index (χ1n) is 5.41. The largest absolute Gasteiger partial charge is 0.490 e. The summed E-state index contributed by atoms with van der Waals surface area (Å²) in [5.41, 5.74) is 1.16. The van der Waals surface area contributed by atoms with Crippen LogP contribution in [0.4, 0.5) is 0 Å². The van der Waals surface area contributed by atoms with Gasteiger partial charge < -0.3 is 9.47 Å². The van der Waals surface area contributed by atoms with E-state index in [0.717, 1.165) is 11.3 Å². The molecule has 0 N–H and O–H groups in total. The van der Waals surface area contributed by atoms with Crippen molar-refractivity contribution in [3.8, 4) is 11.6 Å². The lowest BCUT2D eigenvalue weighted by Gasteiger charge is -2.13. The van der Waals surface area contributed by atoms with E-state index in [1.54, 1.807) is 7.11 Å². The van der Waals surface area contributed by atoms with Crippen molar-refractivity contribution >= 4 is 0 Å². The van der Waals surface area contributed by atoms with Gasteiger partial charge in [0.25, 0.3) is 0 Å². The van der Waals surface area contributed by atoms with Crippen molar-refractivity contribution in [1.29, 1.82) is 0 Å². The zero-order chi connectivity index (χ0) is 10.8. The lowest BCUT2D eigenvalue weighted by molar-refractivity contribution is 0.295. The van der Waals surface area contributed by atoms with Gasteiger partial charge in [-0.2, -0.15) is 0 Å². The first-order chi connectivity index (χ1) is 7.20. The molecular weight excluding hydrogens is 190 g/mol. The summed E-state index contributed by atoms with van der Waals surface area (Å²) in [6, 6.07) is 1.88. The van der Waals surface area contributed by atoms with Gasteiger partial charge in [0.15, 0.2) is 0 Å². The molecule has 0 spiro atoms. The third-order valence-electron chi connectivity index (χ3n) is 2.52. The monoisotopic (exact) mass is 207 g/mol. The second-order valence-corrected chi connectivity index (χ2v) is 4.24. The second-order valence-electron chi connectivity index (χ2n) is 4.24. The van der Waals surface area contributed by atoms with Crippen LogP contribution in [-0.4, -0.2) is 18.2 Å². The number of ether oxygens (including phenoxy) is 2. The van der Waals surface area contributed by atoms with Crippen LogP contribution in [0.2, 0.25) is 0 Å². The summed E-state index contributed by atoms with van der Waals surface area (Å²) in [5, 5.41) is 0. The number of nitrogens with zero attached hydrogens (tertiary/aromatic N) is 1. The van der Waals surface area contributed by atoms with Gasteiger partial charge >= 0.3 is 0 Å². The van der Waals surface area contributed by atoms with E-state index >= 15 is 0 Å². The van der Waals surface area contributed by atoms with Crippen molar-refractivity contribution in [2.24, 2.45) is 0 Å². The molecule has 1 heterocycles. The molecular formula is C12H17NO2. The van der Waals surface area contributed by atoms with Gasteiger partial charge in [-0.05, 0) is 18.8 Å². The molecule has 0 amide bonds. The summed E-state index contributed by atoms with van der Waals surface area (Å²) < 4.78 is 10.9. The SMILES string of the molecule is COc1cc(OC2CC2)c(C(C)C)cn1. The van der Waals surface area contributed by atoms with E-state index in [2.05, 4.69) is 18.8 Å². The maximum atomic E-state index is 5.84. The van der Waals surface area contributed by atoms with Crippen LogP contribution in [0.3, 0.4) is 0 Å². The highest BCUT2D eigenvalue weighted by Crippen LogP contribution is 2.33. The molecule has 1 fully saturated rings. The quantitative estimate of drug-likeness (QED) is 0.760. The van der Waals surface area contributed by atoms with Crippen molar-refractivity contribution < 1.29 is 9.47 Å². The zero-order valence-electron chi connectivity index (χ0n) is 9.49. The van der Waals surface area contributed by atoms with Crippen molar-refractivity contribution in [2.45, 2.75) is 38.7 Å². The number of aromatic nitrogens is 1. The summed E-state index contributed by atoms with van der Waals surface area (Å²) in [4.78, 5) is 4.20. The molecule has 0 radical (unpaired) electrons. The van der Waals surface area contributed by atoms with Crippen LogP contribution in [0.5, 0.6) is 11.6 Å². The molecule has 0 aliphatic heterocycles. The van der Waals surface area contributed by atoms with Crippen LogP contribution >= 0.6 is 0 Å². The average Bonchev–Trinajstić information content (AvgIpc) is 3.01. The minimum atomic E-state index is 0.412. The Labute approximate surface area is 90.4 Å². The van der Waals surface area contributed by atoms with Crippen LogP contribution in [0.15, 0.2) is 12.3 Å². The second kappa shape index (κ2) is 4.09. The smallest absolute Gasteiger partial charge is 0.216 e. The molecule has 1 saturated carbocycles. The standard InChI is InChI=1S/C12H17NO2/c1-8(2)10-7-13-12(14-3)6-11(10)15-9-4-5-9/h6-9H,4-5H2,1-3H3. The van der Waals surface area contributed by atoms with Gasteiger partial charge in [0.1, 0.15) is 5.75 Å². The molecule has 1 aliphatic carbocycles. The first kappa shape index (κ1) is 10.3. The average molecular weight is 207 g/mol. The first-order valence-corrected chi connectivity index (χ1v) is 5.41. The van der Waals surface area contributed by atoms with Gasteiger partial charge in [-0.15, -0.1) is 0 Å². The highest BCUT2D eigenvalue weighted by molar-refractivity contribution is 5.37. The van der Waals surface area contributed by atoms with Gasteiger partial charge in [0.05, 0.1) is 13.2 Å². The number of rotatable bonds is 4. The molecule has 82 valence electrons. The molecule has 1 aliphatic rings. The van der Waals surface area contributed by atoms with Gasteiger partial charge in [-0.3, -0.25) is 0 Å². The fourth-order valence-corrected chi connectivity index (χ4v) is 1.44. The Hall–Kier alpha value is -1.25. The summed E-state index contributed by atoms with van der Waals surface area (Å²) in [5.74, 6) is 1.98.